The number of amides is 3. The number of likely N-dealkylation sites (tertiary alicyclic amines) is 1. The highest BCUT2D eigenvalue weighted by Crippen LogP contribution is 2.39. The summed E-state index contributed by atoms with van der Waals surface area (Å²) in [5, 5.41) is 6.00. The van der Waals surface area contributed by atoms with Crippen molar-refractivity contribution >= 4 is 126 Å². The first-order valence-corrected chi connectivity index (χ1v) is 38.3. The van der Waals surface area contributed by atoms with E-state index in [4.69, 9.17) is 0 Å². The minimum atomic E-state index is -3.78. The summed E-state index contributed by atoms with van der Waals surface area (Å²) in [4.78, 5) is 63.2. The van der Waals surface area contributed by atoms with E-state index in [1.165, 1.54) is 99.4 Å². The highest BCUT2D eigenvalue weighted by Gasteiger charge is 2.42. The van der Waals surface area contributed by atoms with E-state index in [0.29, 0.717) is 77.8 Å². The SMILES string of the molecule is Cc1cccc2c1CCN2[C@H]1CCN(c2ccc(S(=O)(=O)Nc3nccs3)cc2)C1=O.O=C1[C@@H](N2CCC(c3ccccc3)CC2)CCN1c1ccc(S(=O)(=O)Nc2nccs2)cc1.O=C1[C@@H](N2CCc3cc(F)c(F)cc32)CCN1c1ccc(S(=O)(=O)Nc2nccs2)cc1.[HH].[HH].[HH].[HH].[HH].[HH]. The molecule has 15 rings (SSSR count). The highest BCUT2D eigenvalue weighted by atomic mass is 32.2. The van der Waals surface area contributed by atoms with E-state index in [9.17, 15) is 48.4 Å². The molecule has 3 amide bonds. The lowest BCUT2D eigenvalue weighted by Crippen LogP contribution is -2.45. The number of fused-ring (bicyclic) bond motifs is 2. The monoisotopic (exact) mass is 1420 g/mol. The van der Waals surface area contributed by atoms with Gasteiger partial charge in [-0.2, -0.15) is 0 Å². The number of hydrogen-bond acceptors (Lipinski definition) is 18. The molecule has 0 spiro atoms. The zero-order valence-electron chi connectivity index (χ0n) is 51.8. The molecule has 6 aromatic carbocycles. The minimum Gasteiger partial charge on any atom is -0.359 e. The van der Waals surface area contributed by atoms with Crippen molar-refractivity contribution in [3.8, 4) is 0 Å². The fourth-order valence-electron chi connectivity index (χ4n) is 13.4. The van der Waals surface area contributed by atoms with Crippen LogP contribution in [0.4, 0.5) is 52.6 Å². The number of aromatic nitrogens is 3. The molecule has 0 bridgehead atoms. The van der Waals surface area contributed by atoms with E-state index < -0.39 is 47.7 Å². The molecule has 0 aliphatic carbocycles. The van der Waals surface area contributed by atoms with Gasteiger partial charge < -0.3 is 24.5 Å². The Morgan fingerprint density at radius 3 is 1.32 bits per heavy atom. The molecular formula is C67H78F2N12O9S6. The van der Waals surface area contributed by atoms with E-state index in [-0.39, 0.29) is 58.2 Å². The van der Waals surface area contributed by atoms with Crippen molar-refractivity contribution in [3.63, 3.8) is 0 Å². The summed E-state index contributed by atoms with van der Waals surface area (Å²) in [6, 6.07) is 37.4. The molecule has 96 heavy (non-hydrogen) atoms. The van der Waals surface area contributed by atoms with Crippen LogP contribution in [0.5, 0.6) is 0 Å². The first-order valence-electron chi connectivity index (χ1n) is 31.2. The normalized spacial score (nSPS) is 19.1. The van der Waals surface area contributed by atoms with Crippen LogP contribution in [0.3, 0.4) is 0 Å². The first-order chi connectivity index (χ1) is 46.3. The third kappa shape index (κ3) is 14.0. The number of hydrogen-bond donors (Lipinski definition) is 3. The van der Waals surface area contributed by atoms with Gasteiger partial charge in [0.15, 0.2) is 27.0 Å². The quantitative estimate of drug-likeness (QED) is 0.0814. The van der Waals surface area contributed by atoms with Gasteiger partial charge in [-0.15, -0.1) is 34.0 Å². The van der Waals surface area contributed by atoms with E-state index in [0.717, 1.165) is 69.2 Å². The van der Waals surface area contributed by atoms with Crippen LogP contribution in [0.2, 0.25) is 0 Å². The number of anilines is 8. The van der Waals surface area contributed by atoms with E-state index in [2.05, 4.69) is 82.2 Å². The van der Waals surface area contributed by atoms with Gasteiger partial charge in [-0.1, -0.05) is 42.5 Å². The summed E-state index contributed by atoms with van der Waals surface area (Å²) in [7, 11) is -11.2. The maximum absolute atomic E-state index is 13.8. The maximum atomic E-state index is 13.8. The molecule has 6 aliphatic heterocycles. The zero-order chi connectivity index (χ0) is 66.9. The van der Waals surface area contributed by atoms with Crippen molar-refractivity contribution in [1.29, 1.82) is 0 Å². The Kier molecular flexibility index (Phi) is 19.1. The molecule has 9 heterocycles. The third-order valence-corrected chi connectivity index (χ3v) is 24.7. The number of sulfonamides is 3. The molecular weight excluding hydrogens is 1350 g/mol. The van der Waals surface area contributed by atoms with Gasteiger partial charge in [0.2, 0.25) is 17.7 Å². The summed E-state index contributed by atoms with van der Waals surface area (Å²) in [5.41, 5.74) is 8.41. The number of piperidine rings is 1. The Bertz CT molecular complexity index is 4670. The van der Waals surface area contributed by atoms with Crippen molar-refractivity contribution in [2.75, 3.05) is 84.5 Å². The summed E-state index contributed by atoms with van der Waals surface area (Å²) in [6.07, 6.45) is 10.3. The molecule has 6 aliphatic rings. The van der Waals surface area contributed by atoms with Crippen molar-refractivity contribution in [2.24, 2.45) is 0 Å². The van der Waals surface area contributed by atoms with Gasteiger partial charge in [0, 0.05) is 111 Å². The van der Waals surface area contributed by atoms with Crippen molar-refractivity contribution in [3.05, 3.63) is 202 Å². The molecule has 21 nitrogen and oxygen atoms in total. The van der Waals surface area contributed by atoms with Crippen LogP contribution in [0.25, 0.3) is 0 Å². The van der Waals surface area contributed by atoms with E-state index >= 15 is 0 Å². The number of benzene rings is 6. The number of nitrogens with zero attached hydrogens (tertiary/aromatic N) is 9. The van der Waals surface area contributed by atoms with Crippen LogP contribution in [0, 0.1) is 18.6 Å². The van der Waals surface area contributed by atoms with Gasteiger partial charge in [-0.25, -0.2) is 49.0 Å². The number of aryl methyl sites for hydroxylation is 1. The van der Waals surface area contributed by atoms with Gasteiger partial charge in [0.05, 0.1) is 20.7 Å². The average Bonchev–Trinajstić information content (AvgIpc) is 1.62. The lowest BCUT2D eigenvalue weighted by molar-refractivity contribution is -0.122. The Labute approximate surface area is 576 Å². The van der Waals surface area contributed by atoms with E-state index in [1.54, 1.807) is 79.6 Å². The Morgan fingerprint density at radius 2 is 0.875 bits per heavy atom. The highest BCUT2D eigenvalue weighted by molar-refractivity contribution is 7.93. The molecule has 9 aromatic rings. The molecule has 3 N–H and O–H groups in total. The molecule has 0 saturated carbocycles. The first kappa shape index (κ1) is 65.9. The maximum Gasteiger partial charge on any atom is 0.263 e. The summed E-state index contributed by atoms with van der Waals surface area (Å²) < 4.78 is 110. The number of halogens is 2. The largest absolute Gasteiger partial charge is 0.359 e. The zero-order valence-corrected chi connectivity index (χ0v) is 56.7. The summed E-state index contributed by atoms with van der Waals surface area (Å²) in [5.74, 6) is -1.25. The molecule has 0 radical (unpaired) electrons. The van der Waals surface area contributed by atoms with Crippen molar-refractivity contribution < 1.29 is 57.0 Å². The second-order valence-corrected chi connectivity index (χ2v) is 31.5. The fourth-order valence-corrected chi connectivity index (χ4v) is 18.8. The number of rotatable bonds is 16. The fraction of sp³-hybridized carbons (Fsp3) is 0.284. The molecule has 3 atom stereocenters. The number of carbonyl (C=O) groups excluding carboxylic acids is 3. The van der Waals surface area contributed by atoms with Crippen molar-refractivity contribution in [1.82, 2.24) is 19.9 Å². The van der Waals surface area contributed by atoms with Gasteiger partial charge in [0.25, 0.3) is 30.1 Å². The minimum absolute atomic E-state index is 0. The van der Waals surface area contributed by atoms with Gasteiger partial charge in [-0.3, -0.25) is 33.4 Å². The lowest BCUT2D eigenvalue weighted by Gasteiger charge is -2.35. The van der Waals surface area contributed by atoms with Crippen LogP contribution >= 0.6 is 34.0 Å². The summed E-state index contributed by atoms with van der Waals surface area (Å²) in [6.45, 7) is 7.03. The Balaban J connectivity index is 0.000000208. The second kappa shape index (κ2) is 27.8. The average molecular weight is 1430 g/mol. The Hall–Kier alpha value is -8.71. The molecule has 4 saturated heterocycles. The number of carbonyl (C=O) groups is 3. The van der Waals surface area contributed by atoms with Gasteiger partial charge in [-0.05, 0) is 178 Å². The standard InChI is InChI=1S/C24H26N4O3S2.C22H22N4O3S2.C21H18F2N4O3S2.6H2/c29-23-22(27-14-10-19(11-15-27)18-4-2-1-3-5-18)12-16-28(23)20-6-8-21(9-7-20)33(30,31)26-24-25-13-17-32-24;1-15-3-2-4-19-18(15)9-12-26(19)20-10-13-25(21(20)27)16-5-7-17(8-6-16)31(28,29)24-22-23-11-14-30-22;22-16-11-13-5-8-27(19(13)12-17(16)23)18-6-9-26(20(18)28)14-1-3-15(4-2-14)32(29,30)25-21-24-7-10-31-21;;;;;;/h1-9,13,17,19,22H,10-12,14-16H2,(H,25,26);2-8,11,14,20H,9-10,12-13H2,1H3,(H,23,24);1-4,7,10-12,18H,5-6,8-9H2,(H,24,25);6*1H/t22-;20-;18-;;;;;;/m000....../s1. The topological polar surface area (TPSA) is 248 Å². The second-order valence-electron chi connectivity index (χ2n) is 23.8. The van der Waals surface area contributed by atoms with Crippen LogP contribution < -0.4 is 38.7 Å². The lowest BCUT2D eigenvalue weighted by atomic mass is 9.89. The van der Waals surface area contributed by atoms with Crippen molar-refractivity contribution in [2.45, 2.75) is 90.6 Å². The number of nitrogens with one attached hydrogen (secondary N) is 3. The van der Waals surface area contributed by atoms with E-state index in [1.807, 2.05) is 17.0 Å². The third-order valence-electron chi connectivity index (χ3n) is 18.2. The van der Waals surface area contributed by atoms with Gasteiger partial charge in [0.1, 0.15) is 12.1 Å². The van der Waals surface area contributed by atoms with Crippen LogP contribution in [0.1, 0.15) is 68.8 Å². The molecule has 510 valence electrons. The molecule has 3 aromatic heterocycles. The van der Waals surface area contributed by atoms with Crippen LogP contribution in [-0.4, -0.2) is 127 Å². The Morgan fingerprint density at radius 1 is 0.458 bits per heavy atom. The number of thiazole rings is 3. The molecule has 29 heteroatoms. The smallest absolute Gasteiger partial charge is 0.263 e. The molecule has 4 fully saturated rings. The van der Waals surface area contributed by atoms with Gasteiger partial charge >= 0.3 is 0 Å². The predicted molar refractivity (Wildman–Crippen MR) is 383 cm³/mol. The predicted octanol–water partition coefficient (Wildman–Crippen LogP) is 12.2. The van der Waals surface area contributed by atoms with Crippen LogP contribution in [-0.2, 0) is 57.3 Å². The summed E-state index contributed by atoms with van der Waals surface area (Å²) >= 11 is 3.61. The van der Waals surface area contributed by atoms with Crippen LogP contribution in [0.15, 0.2) is 183 Å². The molecule has 0 unspecified atom stereocenters.